The van der Waals surface area contributed by atoms with Crippen LogP contribution in [0.3, 0.4) is 0 Å². The van der Waals surface area contributed by atoms with Gasteiger partial charge in [-0.05, 0) is 46.5 Å². The summed E-state index contributed by atoms with van der Waals surface area (Å²) in [5.41, 5.74) is 7.11. The van der Waals surface area contributed by atoms with Gasteiger partial charge in [0.2, 0.25) is 23.6 Å². The molecule has 20 nitrogen and oxygen atoms in total. The summed E-state index contributed by atoms with van der Waals surface area (Å²) in [4.78, 5) is 99.8. The molecule has 0 aliphatic carbocycles. The zero-order chi connectivity index (χ0) is 52.5. The number of carbonyl (C=O) groups is 8. The SMILES string of the molecule is CC(=O)N[C@@H](Cc1c[nH]c2ccccc12)C(=O)[O-].CC(=O)N[C@@H](Cc1c[nH]c2ccccc12)C(=O)[O-].CC(=O)N[C@@H](Cc1c[nH]c2ccccc12)C(=O)[O-].CC(=O)N[C@@H](Cc1c[nH]c2ccccc12)C(=O)[O-].[Ti+4]. The van der Waals surface area contributed by atoms with Crippen molar-refractivity contribution < 1.29 is 80.5 Å². The van der Waals surface area contributed by atoms with Crippen molar-refractivity contribution >= 4 is 91.1 Å². The van der Waals surface area contributed by atoms with Gasteiger partial charge >= 0.3 is 21.7 Å². The zero-order valence-corrected chi connectivity index (χ0v) is 41.6. The summed E-state index contributed by atoms with van der Waals surface area (Å²) in [6.45, 7) is 5.13. The molecule has 376 valence electrons. The van der Waals surface area contributed by atoms with Crippen LogP contribution in [0.15, 0.2) is 122 Å². The van der Waals surface area contributed by atoms with E-state index in [1.807, 2.05) is 97.1 Å². The number of aromatic nitrogens is 4. The molecule has 4 heterocycles. The van der Waals surface area contributed by atoms with Crippen molar-refractivity contribution in [2.24, 2.45) is 0 Å². The van der Waals surface area contributed by atoms with Crippen molar-refractivity contribution in [3.8, 4) is 0 Å². The Labute approximate surface area is 432 Å². The molecule has 4 aromatic carbocycles. The van der Waals surface area contributed by atoms with E-state index in [1.165, 1.54) is 27.7 Å². The average Bonchev–Trinajstić information content (AvgIpc) is 4.14. The summed E-state index contributed by atoms with van der Waals surface area (Å²) >= 11 is 0. The second-order valence-corrected chi connectivity index (χ2v) is 16.5. The van der Waals surface area contributed by atoms with Crippen molar-refractivity contribution in [3.63, 3.8) is 0 Å². The summed E-state index contributed by atoms with van der Waals surface area (Å²) < 4.78 is 0. The van der Waals surface area contributed by atoms with Crippen LogP contribution in [0.5, 0.6) is 0 Å². The maximum Gasteiger partial charge on any atom is 4.00 e. The van der Waals surface area contributed by atoms with Crippen LogP contribution in [0.25, 0.3) is 43.6 Å². The fourth-order valence-electron chi connectivity index (χ4n) is 7.84. The first-order valence-electron chi connectivity index (χ1n) is 22.4. The standard InChI is InChI=1S/4C13H14N2O3.Ti/c4*1-8(16)15-12(13(17)18)6-9-7-14-11-5-3-2-4-10(9)11;/h4*2-5,7,12,14H,6H2,1H3,(H,15,16)(H,17,18);/q;;;;+4/p-4/t4*12-;/m0000./s1. The fraction of sp³-hybridized carbons (Fsp3) is 0.231. The molecule has 0 fully saturated rings. The number of aliphatic carboxylic acids is 4. The van der Waals surface area contributed by atoms with E-state index in [9.17, 15) is 58.8 Å². The van der Waals surface area contributed by atoms with E-state index >= 15 is 0 Å². The van der Waals surface area contributed by atoms with E-state index in [0.29, 0.717) is 0 Å². The van der Waals surface area contributed by atoms with Gasteiger partial charge in [-0.25, -0.2) is 0 Å². The molecule has 0 aliphatic rings. The molecule has 4 aromatic heterocycles. The predicted octanol–water partition coefficient (Wildman–Crippen LogP) is -0.142. The van der Waals surface area contributed by atoms with Crippen molar-refractivity contribution in [2.75, 3.05) is 0 Å². The third kappa shape index (κ3) is 16.8. The van der Waals surface area contributed by atoms with Gasteiger partial charge in [-0.3, -0.25) is 19.2 Å². The third-order valence-corrected chi connectivity index (χ3v) is 11.0. The van der Waals surface area contributed by atoms with Crippen LogP contribution < -0.4 is 41.7 Å². The second kappa shape index (κ2) is 27.2. The van der Waals surface area contributed by atoms with Crippen LogP contribution in [0.4, 0.5) is 0 Å². The Morgan fingerprint density at radius 2 is 0.534 bits per heavy atom. The quantitative estimate of drug-likeness (QED) is 0.0587. The van der Waals surface area contributed by atoms with Gasteiger partial charge in [0.25, 0.3) is 0 Å². The normalized spacial score (nSPS) is 12.1. The molecule has 73 heavy (non-hydrogen) atoms. The van der Waals surface area contributed by atoms with E-state index in [-0.39, 0.29) is 71.0 Å². The first-order chi connectivity index (χ1) is 34.3. The zero-order valence-electron chi connectivity index (χ0n) is 40.1. The third-order valence-electron chi connectivity index (χ3n) is 11.0. The van der Waals surface area contributed by atoms with E-state index in [4.69, 9.17) is 0 Å². The first-order valence-corrected chi connectivity index (χ1v) is 22.4. The molecule has 0 radical (unpaired) electrons. The van der Waals surface area contributed by atoms with Crippen molar-refractivity contribution in [1.29, 1.82) is 0 Å². The molecular formula is C52H52N8O12Ti. The number of rotatable bonds is 16. The van der Waals surface area contributed by atoms with E-state index in [1.54, 1.807) is 24.8 Å². The fourth-order valence-corrected chi connectivity index (χ4v) is 7.84. The Bertz CT molecular complexity index is 2790. The van der Waals surface area contributed by atoms with Gasteiger partial charge in [0.1, 0.15) is 0 Å². The summed E-state index contributed by atoms with van der Waals surface area (Å²) in [6, 6.07) is 26.3. The van der Waals surface area contributed by atoms with Crippen molar-refractivity contribution in [2.45, 2.75) is 77.5 Å². The Morgan fingerprint density at radius 3 is 0.699 bits per heavy atom. The van der Waals surface area contributed by atoms with Crippen molar-refractivity contribution in [3.05, 3.63) is 144 Å². The van der Waals surface area contributed by atoms with Gasteiger partial charge in [-0.2, -0.15) is 0 Å². The van der Waals surface area contributed by atoms with Crippen LogP contribution in [0.1, 0.15) is 49.9 Å². The van der Waals surface area contributed by atoms with Crippen LogP contribution in [0.2, 0.25) is 0 Å². The molecule has 21 heteroatoms. The molecule has 0 saturated carbocycles. The smallest absolute Gasteiger partial charge is 0.548 e. The molecule has 0 bridgehead atoms. The number of carboxylic acids is 4. The molecule has 4 amide bonds. The topological polar surface area (TPSA) is 340 Å². The molecule has 8 aromatic rings. The summed E-state index contributed by atoms with van der Waals surface area (Å²) in [5.74, 6) is -6.67. The minimum atomic E-state index is -1.28. The number of H-pyrrole nitrogens is 4. The monoisotopic (exact) mass is 1030 g/mol. The number of aromatic amines is 4. The van der Waals surface area contributed by atoms with E-state index in [2.05, 4.69) is 41.2 Å². The molecule has 4 atom stereocenters. The Morgan fingerprint density at radius 1 is 0.356 bits per heavy atom. The molecule has 0 saturated heterocycles. The Balaban J connectivity index is 0.000000210. The maximum atomic E-state index is 11.0. The van der Waals surface area contributed by atoms with Gasteiger partial charge in [0, 0.05) is 122 Å². The number of nitrogens with one attached hydrogen (secondary N) is 8. The number of fused-ring (bicyclic) bond motifs is 4. The minimum Gasteiger partial charge on any atom is -0.548 e. The molecule has 0 unspecified atom stereocenters. The second-order valence-electron chi connectivity index (χ2n) is 16.5. The van der Waals surface area contributed by atoms with E-state index in [0.717, 1.165) is 65.9 Å². The minimum absolute atomic E-state index is 0. The molecular weight excluding hydrogens is 976 g/mol. The van der Waals surface area contributed by atoms with Crippen molar-refractivity contribution in [1.82, 2.24) is 41.2 Å². The average molecular weight is 1030 g/mol. The Kier molecular flexibility index (Phi) is 21.3. The summed E-state index contributed by atoms with van der Waals surface area (Å²) in [6.07, 6.45) is 7.81. The first kappa shape index (κ1) is 57.1. The summed E-state index contributed by atoms with van der Waals surface area (Å²) in [7, 11) is 0. The number of hydrogen-bond donors (Lipinski definition) is 8. The number of hydrogen-bond acceptors (Lipinski definition) is 12. The Hall–Kier alpha value is -8.49. The van der Waals surface area contributed by atoms with Gasteiger partial charge in [0.05, 0.1) is 48.0 Å². The molecule has 0 spiro atoms. The van der Waals surface area contributed by atoms with Gasteiger partial charge in [0.15, 0.2) is 0 Å². The maximum absolute atomic E-state index is 11.0. The largest absolute Gasteiger partial charge is 4.00 e. The van der Waals surface area contributed by atoms with Gasteiger partial charge in [-0.15, -0.1) is 0 Å². The van der Waals surface area contributed by atoms with Crippen LogP contribution in [-0.4, -0.2) is 91.6 Å². The van der Waals surface area contributed by atoms with Gasteiger partial charge < -0.3 is 80.8 Å². The molecule has 8 rings (SSSR count). The van der Waals surface area contributed by atoms with E-state index < -0.39 is 48.0 Å². The van der Waals surface area contributed by atoms with Crippen LogP contribution in [0, 0.1) is 0 Å². The number of amides is 4. The van der Waals surface area contributed by atoms with Gasteiger partial charge in [-0.1, -0.05) is 72.8 Å². The molecule has 8 N–H and O–H groups in total. The number of carboxylic acid groups (broad SMARTS) is 4. The summed E-state index contributed by atoms with van der Waals surface area (Å²) in [5, 5.41) is 57.1. The predicted molar refractivity (Wildman–Crippen MR) is 258 cm³/mol. The number of benzene rings is 4. The molecule has 0 aliphatic heterocycles. The number of carbonyl (C=O) groups excluding carboxylic acids is 8. The number of para-hydroxylation sites is 4. The van der Waals surface area contributed by atoms with Crippen LogP contribution in [-0.2, 0) is 85.8 Å². The van der Waals surface area contributed by atoms with Crippen LogP contribution >= 0.6 is 0 Å².